The van der Waals surface area contributed by atoms with E-state index in [0.717, 1.165) is 16.6 Å². The molecule has 2 aromatic carbocycles. The predicted octanol–water partition coefficient (Wildman–Crippen LogP) is 3.58. The second kappa shape index (κ2) is 7.64. The number of sulfonamides is 1. The van der Waals surface area contributed by atoms with E-state index in [2.05, 4.69) is 11.1 Å². The normalized spacial score (nSPS) is 15.4. The molecule has 0 N–H and O–H groups in total. The highest BCUT2D eigenvalue weighted by Crippen LogP contribution is 2.28. The average Bonchev–Trinajstić information content (AvgIpc) is 2.73. The van der Waals surface area contributed by atoms with Crippen LogP contribution >= 0.6 is 11.6 Å². The number of para-hydroxylation sites is 1. The molecule has 148 valence electrons. The highest BCUT2D eigenvalue weighted by atomic mass is 35.5. The minimum absolute atomic E-state index is 0.229. The van der Waals surface area contributed by atoms with Crippen molar-refractivity contribution in [2.45, 2.75) is 11.8 Å². The van der Waals surface area contributed by atoms with Gasteiger partial charge in [0, 0.05) is 42.8 Å². The van der Waals surface area contributed by atoms with Gasteiger partial charge in [-0.05, 0) is 42.8 Å². The fraction of sp³-hybridized carbons (Fsp3) is 0.238. The number of aromatic nitrogens is 1. The Morgan fingerprint density at radius 1 is 1.10 bits per heavy atom. The van der Waals surface area contributed by atoms with Crippen LogP contribution in [0.5, 0.6) is 0 Å². The van der Waals surface area contributed by atoms with Crippen molar-refractivity contribution in [3.63, 3.8) is 0 Å². The minimum Gasteiger partial charge on any atom is -0.368 e. The zero-order valence-electron chi connectivity index (χ0n) is 15.8. The van der Waals surface area contributed by atoms with E-state index in [4.69, 9.17) is 11.6 Å². The number of piperazine rings is 1. The smallest absolute Gasteiger partial charge is 0.245 e. The second-order valence-corrected chi connectivity index (χ2v) is 9.35. The van der Waals surface area contributed by atoms with Gasteiger partial charge in [-0.3, -0.25) is 4.98 Å². The van der Waals surface area contributed by atoms with Crippen LogP contribution in [0.15, 0.2) is 53.6 Å². The Bertz CT molecular complexity index is 1230. The van der Waals surface area contributed by atoms with E-state index < -0.39 is 10.0 Å². The van der Waals surface area contributed by atoms with Gasteiger partial charge in [0.25, 0.3) is 0 Å². The summed E-state index contributed by atoms with van der Waals surface area (Å²) in [7, 11) is -3.67. The Morgan fingerprint density at radius 3 is 2.59 bits per heavy atom. The maximum absolute atomic E-state index is 13.3. The number of pyridine rings is 1. The molecule has 8 heteroatoms. The first-order chi connectivity index (χ1) is 13.9. The van der Waals surface area contributed by atoms with Gasteiger partial charge in [-0.15, -0.1) is 0 Å². The molecule has 4 rings (SSSR count). The van der Waals surface area contributed by atoms with Gasteiger partial charge in [-0.25, -0.2) is 8.42 Å². The van der Waals surface area contributed by atoms with Gasteiger partial charge in [-0.2, -0.15) is 9.57 Å². The van der Waals surface area contributed by atoms with E-state index in [0.29, 0.717) is 42.3 Å². The van der Waals surface area contributed by atoms with Crippen LogP contribution in [0.2, 0.25) is 5.02 Å². The highest BCUT2D eigenvalue weighted by Gasteiger charge is 2.30. The van der Waals surface area contributed by atoms with Crippen molar-refractivity contribution in [3.05, 3.63) is 64.8 Å². The zero-order chi connectivity index (χ0) is 20.6. The molecule has 1 aromatic heterocycles. The molecule has 0 bridgehead atoms. The summed E-state index contributed by atoms with van der Waals surface area (Å²) < 4.78 is 28.1. The molecule has 6 nitrogen and oxygen atoms in total. The predicted molar refractivity (Wildman–Crippen MR) is 114 cm³/mol. The summed E-state index contributed by atoms with van der Waals surface area (Å²) in [6.07, 6.45) is 1.68. The topological polar surface area (TPSA) is 77.3 Å². The van der Waals surface area contributed by atoms with Crippen LogP contribution in [-0.4, -0.2) is 43.9 Å². The molecule has 1 aliphatic rings. The summed E-state index contributed by atoms with van der Waals surface area (Å²) in [6, 6.07) is 14.5. The lowest BCUT2D eigenvalue weighted by atomic mass is 10.1. The van der Waals surface area contributed by atoms with E-state index in [-0.39, 0.29) is 4.90 Å². The van der Waals surface area contributed by atoms with Crippen molar-refractivity contribution < 1.29 is 8.42 Å². The van der Waals surface area contributed by atoms with Crippen LogP contribution in [0.25, 0.3) is 10.9 Å². The molecule has 0 amide bonds. The van der Waals surface area contributed by atoms with Gasteiger partial charge in [0.05, 0.1) is 16.8 Å². The van der Waals surface area contributed by atoms with Crippen LogP contribution in [0.1, 0.15) is 11.1 Å². The first-order valence-corrected chi connectivity index (χ1v) is 11.0. The lowest BCUT2D eigenvalue weighted by Crippen LogP contribution is -2.48. The number of anilines is 1. The fourth-order valence-corrected chi connectivity index (χ4v) is 5.39. The third kappa shape index (κ3) is 3.67. The maximum Gasteiger partial charge on any atom is 0.245 e. The first kappa shape index (κ1) is 19.6. The Morgan fingerprint density at radius 2 is 1.86 bits per heavy atom. The first-order valence-electron chi connectivity index (χ1n) is 9.20. The fourth-order valence-electron chi connectivity index (χ4n) is 3.63. The molecular weight excluding hydrogens is 408 g/mol. The van der Waals surface area contributed by atoms with E-state index >= 15 is 0 Å². The summed E-state index contributed by atoms with van der Waals surface area (Å²) in [4.78, 5) is 6.62. The van der Waals surface area contributed by atoms with Crippen LogP contribution in [-0.2, 0) is 10.0 Å². The van der Waals surface area contributed by atoms with Gasteiger partial charge in [0.15, 0.2) is 0 Å². The van der Waals surface area contributed by atoms with E-state index in [1.165, 1.54) is 4.31 Å². The quantitative estimate of drug-likeness (QED) is 0.639. The van der Waals surface area contributed by atoms with Gasteiger partial charge in [0.2, 0.25) is 10.0 Å². The summed E-state index contributed by atoms with van der Waals surface area (Å²) in [5, 5.41) is 10.7. The summed E-state index contributed by atoms with van der Waals surface area (Å²) in [6.45, 7) is 3.58. The number of benzene rings is 2. The molecule has 1 aliphatic heterocycles. The maximum atomic E-state index is 13.3. The molecular formula is C21H19ClN4O2S. The molecule has 0 spiro atoms. The Kier molecular flexibility index (Phi) is 5.17. The molecule has 0 atom stereocenters. The summed E-state index contributed by atoms with van der Waals surface area (Å²) in [5.41, 5.74) is 2.74. The molecule has 29 heavy (non-hydrogen) atoms. The average molecular weight is 427 g/mol. The summed E-state index contributed by atoms with van der Waals surface area (Å²) in [5.74, 6) is 0. The number of aryl methyl sites for hydroxylation is 1. The molecule has 0 unspecified atom stereocenters. The number of fused-ring (bicyclic) bond motifs is 1. The van der Waals surface area contributed by atoms with Crippen LogP contribution in [0, 0.1) is 18.3 Å². The monoisotopic (exact) mass is 426 g/mol. The van der Waals surface area contributed by atoms with Crippen molar-refractivity contribution in [2.75, 3.05) is 31.1 Å². The van der Waals surface area contributed by atoms with Crippen molar-refractivity contribution in [1.82, 2.24) is 9.29 Å². The van der Waals surface area contributed by atoms with E-state index in [1.807, 2.05) is 30.0 Å². The number of rotatable bonds is 3. The number of nitriles is 1. The lowest BCUT2D eigenvalue weighted by Gasteiger charge is -2.35. The SMILES string of the molecule is Cc1cnc2c(S(=O)(=O)N3CCN(c4ccc(Cl)cc4C#N)CC3)cccc2c1. The molecule has 0 radical (unpaired) electrons. The van der Waals surface area contributed by atoms with Gasteiger partial charge in [-0.1, -0.05) is 23.7 Å². The molecule has 0 saturated carbocycles. The Labute approximate surface area is 175 Å². The van der Waals surface area contributed by atoms with Crippen molar-refractivity contribution in [2.24, 2.45) is 0 Å². The van der Waals surface area contributed by atoms with Crippen LogP contribution in [0.4, 0.5) is 5.69 Å². The van der Waals surface area contributed by atoms with Crippen molar-refractivity contribution in [1.29, 1.82) is 5.26 Å². The van der Waals surface area contributed by atoms with Crippen LogP contribution < -0.4 is 4.90 Å². The molecule has 1 saturated heterocycles. The third-order valence-electron chi connectivity index (χ3n) is 5.09. The van der Waals surface area contributed by atoms with Crippen LogP contribution in [0.3, 0.4) is 0 Å². The molecule has 3 aromatic rings. The minimum atomic E-state index is -3.67. The van der Waals surface area contributed by atoms with E-state index in [1.54, 1.807) is 30.5 Å². The Balaban J connectivity index is 1.60. The zero-order valence-corrected chi connectivity index (χ0v) is 17.4. The molecule has 1 fully saturated rings. The second-order valence-electron chi connectivity index (χ2n) is 7.00. The van der Waals surface area contributed by atoms with Gasteiger partial charge >= 0.3 is 0 Å². The lowest BCUT2D eigenvalue weighted by molar-refractivity contribution is 0.385. The number of halogens is 1. The van der Waals surface area contributed by atoms with Crippen molar-refractivity contribution >= 4 is 38.2 Å². The van der Waals surface area contributed by atoms with Gasteiger partial charge < -0.3 is 4.90 Å². The van der Waals surface area contributed by atoms with Crippen molar-refractivity contribution in [3.8, 4) is 6.07 Å². The van der Waals surface area contributed by atoms with Gasteiger partial charge in [0.1, 0.15) is 11.0 Å². The van der Waals surface area contributed by atoms with E-state index in [9.17, 15) is 13.7 Å². The highest BCUT2D eigenvalue weighted by molar-refractivity contribution is 7.89. The third-order valence-corrected chi connectivity index (χ3v) is 7.25. The number of hydrogen-bond acceptors (Lipinski definition) is 5. The Hall–Kier alpha value is -2.66. The largest absolute Gasteiger partial charge is 0.368 e. The number of nitrogens with zero attached hydrogens (tertiary/aromatic N) is 4. The molecule has 0 aliphatic carbocycles. The number of hydrogen-bond donors (Lipinski definition) is 0. The summed E-state index contributed by atoms with van der Waals surface area (Å²) >= 11 is 5.98. The molecule has 2 heterocycles. The standard InChI is InChI=1S/C21H19ClN4O2S/c1-15-11-16-3-2-4-20(21(16)24-14-15)29(27,28)26-9-7-25(8-10-26)19-6-5-18(22)12-17(19)13-23/h2-6,11-12,14H,7-10H2,1H3.